The smallest absolute Gasteiger partial charge is 0.209 e. The zero-order valence-corrected chi connectivity index (χ0v) is 13.3. The third-order valence-electron chi connectivity index (χ3n) is 4.28. The van der Waals surface area contributed by atoms with Gasteiger partial charge in [0, 0.05) is 0 Å². The van der Waals surface area contributed by atoms with Crippen LogP contribution in [0.3, 0.4) is 0 Å². The summed E-state index contributed by atoms with van der Waals surface area (Å²) in [5, 5.41) is 5.13. The Morgan fingerprint density at radius 1 is 1.26 bits per heavy atom. The minimum Gasteiger partial charge on any atom is -0.378 e. The molecule has 1 fully saturated rings. The minimum atomic E-state index is -3.40. The summed E-state index contributed by atoms with van der Waals surface area (Å²) in [7, 11) is -3.40. The highest BCUT2D eigenvalue weighted by molar-refractivity contribution is 7.89. The maximum Gasteiger partial charge on any atom is 0.209 e. The second-order valence-corrected chi connectivity index (χ2v) is 7.87. The van der Waals surface area contributed by atoms with Crippen LogP contribution in [0, 0.1) is 17.8 Å². The first-order valence-electron chi connectivity index (χ1n) is 7.43. The van der Waals surface area contributed by atoms with E-state index in [0.717, 1.165) is 31.6 Å². The molecule has 1 aliphatic carbocycles. The summed E-state index contributed by atoms with van der Waals surface area (Å²) in [6, 6.07) is 0. The van der Waals surface area contributed by atoms with Crippen LogP contribution in [0.1, 0.15) is 52.9 Å². The van der Waals surface area contributed by atoms with Crippen molar-refractivity contribution in [2.75, 3.05) is 12.4 Å². The lowest BCUT2D eigenvalue weighted by atomic mass is 9.80. The zero-order valence-electron chi connectivity index (χ0n) is 12.5. The fraction of sp³-hybridized carbons (Fsp3) is 1.00. The lowest BCUT2D eigenvalue weighted by Gasteiger charge is -2.32. The molecule has 0 saturated heterocycles. The molecule has 1 aliphatic rings. The van der Waals surface area contributed by atoms with Crippen molar-refractivity contribution in [1.82, 2.24) is 0 Å². The average Bonchev–Trinajstić information content (AvgIpc) is 2.29. The maximum atomic E-state index is 11.2. The molecule has 0 bridgehead atoms. The number of hydrogen-bond acceptors (Lipinski definition) is 3. The van der Waals surface area contributed by atoms with Crippen LogP contribution in [0.5, 0.6) is 0 Å². The van der Waals surface area contributed by atoms with Gasteiger partial charge in [0.25, 0.3) is 0 Å². The topological polar surface area (TPSA) is 69.4 Å². The summed E-state index contributed by atoms with van der Waals surface area (Å²) in [5.41, 5.74) is 0. The van der Waals surface area contributed by atoms with Gasteiger partial charge in [-0.1, -0.05) is 27.2 Å². The van der Waals surface area contributed by atoms with Crippen LogP contribution in [0.25, 0.3) is 0 Å². The number of primary sulfonamides is 1. The Balaban J connectivity index is 2.39. The number of ether oxygens (including phenoxy) is 1. The molecule has 0 aromatic carbocycles. The molecule has 0 spiro atoms. The quantitative estimate of drug-likeness (QED) is 0.783. The molecule has 1 rings (SSSR count). The van der Waals surface area contributed by atoms with Crippen LogP contribution < -0.4 is 5.14 Å². The molecule has 5 heteroatoms. The molecular weight excluding hydrogens is 262 g/mol. The Hall–Kier alpha value is -0.130. The lowest BCUT2D eigenvalue weighted by Crippen LogP contribution is -2.31. The highest BCUT2D eigenvalue weighted by atomic mass is 32.2. The number of nitrogens with two attached hydrogens (primary N) is 1. The minimum absolute atomic E-state index is 0.0367. The van der Waals surface area contributed by atoms with Crippen molar-refractivity contribution in [2.24, 2.45) is 22.9 Å². The second-order valence-electron chi connectivity index (χ2n) is 6.21. The van der Waals surface area contributed by atoms with E-state index < -0.39 is 10.0 Å². The van der Waals surface area contributed by atoms with Crippen molar-refractivity contribution in [3.63, 3.8) is 0 Å². The molecule has 0 radical (unpaired) electrons. The molecule has 0 heterocycles. The second kappa shape index (κ2) is 7.60. The standard InChI is InChI=1S/C14H29NO3S/c1-4-5-13(10-19(15,16)17)9-18-14-7-6-11(2)12(3)8-14/h11-14H,4-10H2,1-3H3,(H2,15,16,17). The van der Waals surface area contributed by atoms with Crippen LogP contribution in [-0.2, 0) is 14.8 Å². The molecular formula is C14H29NO3S. The van der Waals surface area contributed by atoms with Gasteiger partial charge in [0.15, 0.2) is 0 Å². The summed E-state index contributed by atoms with van der Waals surface area (Å²) >= 11 is 0. The SMILES string of the molecule is CCCC(COC1CCC(C)C(C)C1)CS(N)(=O)=O. The van der Waals surface area contributed by atoms with E-state index in [1.165, 1.54) is 6.42 Å². The molecule has 0 aromatic rings. The van der Waals surface area contributed by atoms with Gasteiger partial charge < -0.3 is 4.74 Å². The largest absolute Gasteiger partial charge is 0.378 e. The van der Waals surface area contributed by atoms with Crippen LogP contribution >= 0.6 is 0 Å². The Bertz CT molecular complexity index is 356. The van der Waals surface area contributed by atoms with Crippen molar-refractivity contribution < 1.29 is 13.2 Å². The Morgan fingerprint density at radius 2 is 1.95 bits per heavy atom. The van der Waals surface area contributed by atoms with Crippen LogP contribution in [-0.4, -0.2) is 26.9 Å². The van der Waals surface area contributed by atoms with E-state index in [0.29, 0.717) is 18.6 Å². The van der Waals surface area contributed by atoms with Gasteiger partial charge in [0.05, 0.1) is 18.5 Å². The molecule has 2 N–H and O–H groups in total. The van der Waals surface area contributed by atoms with Crippen molar-refractivity contribution in [2.45, 2.75) is 59.0 Å². The highest BCUT2D eigenvalue weighted by Crippen LogP contribution is 2.31. The lowest BCUT2D eigenvalue weighted by molar-refractivity contribution is -0.0122. The molecule has 0 aromatic heterocycles. The molecule has 0 aliphatic heterocycles. The van der Waals surface area contributed by atoms with Gasteiger partial charge in [-0.25, -0.2) is 13.6 Å². The number of sulfonamides is 1. The Labute approximate surface area is 118 Å². The molecule has 4 unspecified atom stereocenters. The van der Waals surface area contributed by atoms with Gasteiger partial charge in [-0.3, -0.25) is 0 Å². The van der Waals surface area contributed by atoms with Gasteiger partial charge >= 0.3 is 0 Å². The van der Waals surface area contributed by atoms with E-state index in [4.69, 9.17) is 9.88 Å². The summed E-state index contributed by atoms with van der Waals surface area (Å²) < 4.78 is 28.3. The van der Waals surface area contributed by atoms with Crippen molar-refractivity contribution >= 4 is 10.0 Å². The third-order valence-corrected chi connectivity index (χ3v) is 5.22. The monoisotopic (exact) mass is 291 g/mol. The molecule has 4 nitrogen and oxygen atoms in total. The number of hydrogen-bond donors (Lipinski definition) is 1. The van der Waals surface area contributed by atoms with Crippen LogP contribution in [0.15, 0.2) is 0 Å². The van der Waals surface area contributed by atoms with Crippen molar-refractivity contribution in [1.29, 1.82) is 0 Å². The molecule has 19 heavy (non-hydrogen) atoms. The maximum absolute atomic E-state index is 11.2. The van der Waals surface area contributed by atoms with Crippen LogP contribution in [0.4, 0.5) is 0 Å². The summed E-state index contributed by atoms with van der Waals surface area (Å²) in [5.74, 6) is 1.55. The number of rotatable bonds is 7. The third kappa shape index (κ3) is 6.72. The first-order chi connectivity index (χ1) is 8.81. The van der Waals surface area contributed by atoms with E-state index in [2.05, 4.69) is 20.8 Å². The van der Waals surface area contributed by atoms with Gasteiger partial charge in [-0.2, -0.15) is 0 Å². The van der Waals surface area contributed by atoms with Crippen molar-refractivity contribution in [3.05, 3.63) is 0 Å². The van der Waals surface area contributed by atoms with E-state index in [1.54, 1.807) is 0 Å². The van der Waals surface area contributed by atoms with Crippen molar-refractivity contribution in [3.8, 4) is 0 Å². The summed E-state index contributed by atoms with van der Waals surface area (Å²) in [4.78, 5) is 0. The van der Waals surface area contributed by atoms with E-state index in [1.807, 2.05) is 0 Å². The normalized spacial score (nSPS) is 30.2. The molecule has 4 atom stereocenters. The zero-order chi connectivity index (χ0) is 14.5. The summed E-state index contributed by atoms with van der Waals surface area (Å²) in [6.07, 6.45) is 5.51. The fourth-order valence-electron chi connectivity index (χ4n) is 2.87. The predicted molar refractivity (Wildman–Crippen MR) is 78.3 cm³/mol. The Kier molecular flexibility index (Phi) is 6.77. The van der Waals surface area contributed by atoms with Gasteiger partial charge in [-0.15, -0.1) is 0 Å². The highest BCUT2D eigenvalue weighted by Gasteiger charge is 2.26. The Morgan fingerprint density at radius 3 is 2.47 bits per heavy atom. The first kappa shape index (κ1) is 16.9. The van der Waals surface area contributed by atoms with Crippen LogP contribution in [0.2, 0.25) is 0 Å². The molecule has 114 valence electrons. The van der Waals surface area contributed by atoms with E-state index >= 15 is 0 Å². The fourth-order valence-corrected chi connectivity index (χ4v) is 3.79. The first-order valence-corrected chi connectivity index (χ1v) is 9.15. The van der Waals surface area contributed by atoms with Gasteiger partial charge in [0.1, 0.15) is 0 Å². The van der Waals surface area contributed by atoms with Gasteiger partial charge in [0.2, 0.25) is 10.0 Å². The van der Waals surface area contributed by atoms with E-state index in [-0.39, 0.29) is 11.7 Å². The van der Waals surface area contributed by atoms with Gasteiger partial charge in [-0.05, 0) is 43.4 Å². The van der Waals surface area contributed by atoms with E-state index in [9.17, 15) is 8.42 Å². The summed E-state index contributed by atoms with van der Waals surface area (Å²) in [6.45, 7) is 7.15. The average molecular weight is 291 g/mol. The predicted octanol–water partition coefficient (Wildman–Crippen LogP) is 2.53. The molecule has 1 saturated carbocycles. The molecule has 0 amide bonds.